The Bertz CT molecular complexity index is 489. The molecule has 0 aliphatic carbocycles. The largest absolute Gasteiger partial charge is 0.376 e. The highest BCUT2D eigenvalue weighted by molar-refractivity contribution is 7.61. The molecule has 0 N–H and O–H groups in total. The van der Waals surface area contributed by atoms with Crippen LogP contribution in [0.3, 0.4) is 0 Å². The summed E-state index contributed by atoms with van der Waals surface area (Å²) < 4.78 is 21.8. The number of rotatable bonds is 6. The van der Waals surface area contributed by atoms with Crippen molar-refractivity contribution in [2.45, 2.75) is 44.0 Å². The lowest BCUT2D eigenvalue weighted by atomic mass is 10.5. The first-order chi connectivity index (χ1) is 9.10. The van der Waals surface area contributed by atoms with E-state index in [2.05, 4.69) is 5.10 Å². The van der Waals surface area contributed by atoms with Crippen LogP contribution in [0.25, 0.3) is 0 Å². The lowest BCUT2D eigenvalue weighted by Crippen LogP contribution is -2.34. The highest BCUT2D eigenvalue weighted by Crippen LogP contribution is 2.66. The van der Waals surface area contributed by atoms with Gasteiger partial charge in [-0.1, -0.05) is 23.2 Å². The maximum Gasteiger partial charge on any atom is 0.376 e. The van der Waals surface area contributed by atoms with Gasteiger partial charge in [-0.2, -0.15) is 5.10 Å². The molecular formula is C11H17Cl2N2O4P. The van der Waals surface area contributed by atoms with Crippen LogP contribution in [-0.2, 0) is 13.6 Å². The Kier molecular flexibility index (Phi) is 5.81. The van der Waals surface area contributed by atoms with E-state index in [0.29, 0.717) is 0 Å². The van der Waals surface area contributed by atoms with E-state index in [1.54, 1.807) is 27.7 Å². The molecule has 1 aromatic rings. The molecule has 0 bridgehead atoms. The average Bonchev–Trinajstić information content (AvgIpc) is 2.78. The van der Waals surface area contributed by atoms with Gasteiger partial charge in [-0.05, 0) is 33.8 Å². The Morgan fingerprint density at radius 3 is 2.10 bits per heavy atom. The molecule has 1 aromatic heterocycles. The van der Waals surface area contributed by atoms with Crippen LogP contribution in [0, 0.1) is 0 Å². The molecule has 1 rings (SSSR count). The molecule has 114 valence electrons. The SMILES string of the molecule is CC(C)OP(=O)(OC(C)C)C(Cl)(Cl)C(=O)n1cccn1. The first-order valence-electron chi connectivity index (χ1n) is 5.99. The fourth-order valence-corrected chi connectivity index (χ4v) is 3.77. The number of halogens is 2. The van der Waals surface area contributed by atoms with Crippen molar-refractivity contribution >= 4 is 36.7 Å². The summed E-state index contributed by atoms with van der Waals surface area (Å²) in [5.74, 6) is -0.893. The number of nitrogens with zero attached hydrogens (tertiary/aromatic N) is 2. The van der Waals surface area contributed by atoms with Gasteiger partial charge in [0.25, 0.3) is 9.98 Å². The highest BCUT2D eigenvalue weighted by Gasteiger charge is 2.57. The summed E-state index contributed by atoms with van der Waals surface area (Å²) in [7, 11) is -4.11. The molecule has 0 atom stereocenters. The van der Waals surface area contributed by atoms with Crippen molar-refractivity contribution in [3.05, 3.63) is 18.5 Å². The van der Waals surface area contributed by atoms with Crippen LogP contribution in [-0.4, -0.2) is 32.0 Å². The molecule has 0 spiro atoms. The summed E-state index contributed by atoms with van der Waals surface area (Å²) >= 11 is 12.0. The van der Waals surface area contributed by atoms with Gasteiger partial charge in [0.05, 0.1) is 12.2 Å². The number of aromatic nitrogens is 2. The van der Waals surface area contributed by atoms with Crippen molar-refractivity contribution in [2.24, 2.45) is 0 Å². The van der Waals surface area contributed by atoms with Crippen molar-refractivity contribution in [3.8, 4) is 0 Å². The first kappa shape index (κ1) is 17.7. The minimum Gasteiger partial charge on any atom is -0.303 e. The van der Waals surface area contributed by atoms with Gasteiger partial charge in [0.2, 0.25) is 0 Å². The van der Waals surface area contributed by atoms with Crippen LogP contribution < -0.4 is 0 Å². The third-order valence-corrected chi connectivity index (χ3v) is 5.86. The summed E-state index contributed by atoms with van der Waals surface area (Å²) in [5.41, 5.74) is 0. The maximum absolute atomic E-state index is 12.8. The van der Waals surface area contributed by atoms with Crippen LogP contribution in [0.4, 0.5) is 0 Å². The molecule has 0 fully saturated rings. The molecule has 0 amide bonds. The van der Waals surface area contributed by atoms with Gasteiger partial charge in [-0.15, -0.1) is 0 Å². The van der Waals surface area contributed by atoms with Crippen LogP contribution in [0.2, 0.25) is 0 Å². The fourth-order valence-electron chi connectivity index (χ4n) is 1.36. The van der Waals surface area contributed by atoms with E-state index in [1.165, 1.54) is 18.5 Å². The monoisotopic (exact) mass is 342 g/mol. The number of alkyl halides is 2. The second-order valence-corrected chi connectivity index (χ2v) is 8.54. The zero-order valence-corrected chi connectivity index (χ0v) is 14.0. The van der Waals surface area contributed by atoms with Crippen LogP contribution in [0.5, 0.6) is 0 Å². The van der Waals surface area contributed by atoms with E-state index >= 15 is 0 Å². The fraction of sp³-hybridized carbons (Fsp3) is 0.636. The molecule has 0 aliphatic heterocycles. The van der Waals surface area contributed by atoms with E-state index < -0.39 is 29.8 Å². The van der Waals surface area contributed by atoms with E-state index in [-0.39, 0.29) is 0 Å². The van der Waals surface area contributed by atoms with E-state index in [0.717, 1.165) is 4.68 Å². The molecule has 6 nitrogen and oxygen atoms in total. The summed E-state index contributed by atoms with van der Waals surface area (Å²) in [4.78, 5) is 12.2. The predicted octanol–water partition coefficient (Wildman–Crippen LogP) is 3.70. The third-order valence-electron chi connectivity index (χ3n) is 2.01. The van der Waals surface area contributed by atoms with Crippen molar-refractivity contribution in [3.63, 3.8) is 0 Å². The third kappa shape index (κ3) is 3.83. The molecule has 9 heteroatoms. The molecular weight excluding hydrogens is 326 g/mol. The van der Waals surface area contributed by atoms with Gasteiger partial charge in [-0.25, -0.2) is 4.68 Å². The normalized spacial score (nSPS) is 13.2. The average molecular weight is 343 g/mol. The zero-order chi connectivity index (χ0) is 15.6. The Hall–Kier alpha value is -0.390. The minimum absolute atomic E-state index is 0.484. The van der Waals surface area contributed by atoms with Gasteiger partial charge < -0.3 is 9.05 Å². The second kappa shape index (κ2) is 6.58. The number of hydrogen-bond donors (Lipinski definition) is 0. The van der Waals surface area contributed by atoms with E-state index in [1.807, 2.05) is 0 Å². The molecule has 0 unspecified atom stereocenters. The maximum atomic E-state index is 12.8. The second-order valence-electron chi connectivity index (χ2n) is 4.60. The summed E-state index contributed by atoms with van der Waals surface area (Å²) in [6.07, 6.45) is 1.75. The minimum atomic E-state index is -4.11. The Balaban J connectivity index is 3.17. The standard InChI is InChI=1S/C11H17Cl2N2O4P/c1-8(2)18-20(17,19-9(3)4)11(12,13)10(16)15-7-5-6-14-15/h5-9H,1-4H3. The lowest BCUT2D eigenvalue weighted by molar-refractivity contribution is 0.0864. The molecule has 0 aromatic carbocycles. The van der Waals surface area contributed by atoms with Gasteiger partial charge in [0, 0.05) is 12.4 Å². The van der Waals surface area contributed by atoms with E-state index in [9.17, 15) is 9.36 Å². The summed E-state index contributed by atoms with van der Waals surface area (Å²) in [6.45, 7) is 6.55. The first-order valence-corrected chi connectivity index (χ1v) is 8.29. The molecule has 0 saturated heterocycles. The van der Waals surface area contributed by atoms with Crippen molar-refractivity contribution in [1.82, 2.24) is 9.78 Å². The molecule has 20 heavy (non-hydrogen) atoms. The predicted molar refractivity (Wildman–Crippen MR) is 77.3 cm³/mol. The topological polar surface area (TPSA) is 70.4 Å². The van der Waals surface area contributed by atoms with Gasteiger partial charge in [0.1, 0.15) is 0 Å². The van der Waals surface area contributed by atoms with Crippen molar-refractivity contribution < 1.29 is 18.4 Å². The quantitative estimate of drug-likeness (QED) is 0.582. The lowest BCUT2D eigenvalue weighted by Gasteiger charge is -2.30. The molecule has 1 heterocycles. The number of carbonyl (C=O) groups is 1. The van der Waals surface area contributed by atoms with Crippen LogP contribution in [0.15, 0.2) is 18.5 Å². The van der Waals surface area contributed by atoms with E-state index in [4.69, 9.17) is 32.2 Å². The van der Waals surface area contributed by atoms with Crippen molar-refractivity contribution in [1.29, 1.82) is 0 Å². The molecule has 0 saturated carbocycles. The van der Waals surface area contributed by atoms with Crippen molar-refractivity contribution in [2.75, 3.05) is 0 Å². The summed E-state index contributed by atoms with van der Waals surface area (Å²) in [5, 5.41) is 3.72. The Morgan fingerprint density at radius 2 is 1.75 bits per heavy atom. The zero-order valence-electron chi connectivity index (χ0n) is 11.6. The van der Waals surface area contributed by atoms with Gasteiger partial charge in [0.15, 0.2) is 0 Å². The highest BCUT2D eigenvalue weighted by atomic mass is 35.5. The molecule has 0 radical (unpaired) electrons. The molecule has 0 aliphatic rings. The smallest absolute Gasteiger partial charge is 0.303 e. The number of hydrogen-bond acceptors (Lipinski definition) is 5. The van der Waals surface area contributed by atoms with Gasteiger partial charge in [-0.3, -0.25) is 9.36 Å². The Labute approximate surface area is 127 Å². The van der Waals surface area contributed by atoms with Crippen LogP contribution >= 0.6 is 30.8 Å². The van der Waals surface area contributed by atoms with Gasteiger partial charge >= 0.3 is 7.60 Å². The number of carbonyl (C=O) groups excluding carboxylic acids is 1. The Morgan fingerprint density at radius 1 is 1.25 bits per heavy atom. The summed E-state index contributed by atoms with van der Waals surface area (Å²) in [6, 6.07) is 1.51. The van der Waals surface area contributed by atoms with Crippen LogP contribution in [0.1, 0.15) is 32.5 Å².